The zero-order valence-electron chi connectivity index (χ0n) is 11.3. The van der Waals surface area contributed by atoms with E-state index in [0.29, 0.717) is 6.04 Å². The summed E-state index contributed by atoms with van der Waals surface area (Å²) in [6, 6.07) is 10.8. The number of hydrogen-bond donors (Lipinski definition) is 1. The molecule has 0 unspecified atom stereocenters. The van der Waals surface area contributed by atoms with E-state index in [0.717, 1.165) is 23.2 Å². The van der Waals surface area contributed by atoms with Gasteiger partial charge in [-0.2, -0.15) is 0 Å². The predicted octanol–water partition coefficient (Wildman–Crippen LogP) is 4.50. The molecule has 0 amide bonds. The van der Waals surface area contributed by atoms with Crippen LogP contribution in [0.15, 0.2) is 40.2 Å². The summed E-state index contributed by atoms with van der Waals surface area (Å²) >= 11 is 5.41. The first-order valence-electron chi connectivity index (χ1n) is 6.36. The summed E-state index contributed by atoms with van der Waals surface area (Å²) < 4.78 is 1.12. The van der Waals surface area contributed by atoms with E-state index in [2.05, 4.69) is 52.2 Å². The number of nitrogen functional groups attached to an aromatic ring is 1. The summed E-state index contributed by atoms with van der Waals surface area (Å²) in [6.07, 6.45) is 0. The van der Waals surface area contributed by atoms with Crippen molar-refractivity contribution < 1.29 is 0 Å². The number of halogens is 1. The van der Waals surface area contributed by atoms with Crippen LogP contribution in [-0.2, 0) is 13.1 Å². The molecule has 2 rings (SSSR count). The van der Waals surface area contributed by atoms with Crippen LogP contribution in [0.5, 0.6) is 0 Å². The average Bonchev–Trinajstić information content (AvgIpc) is 2.85. The van der Waals surface area contributed by atoms with Gasteiger partial charge in [-0.15, -0.1) is 11.3 Å². The minimum atomic E-state index is 0.496. The first-order valence-corrected chi connectivity index (χ1v) is 8.04. The second-order valence-electron chi connectivity index (χ2n) is 4.93. The maximum Gasteiger partial charge on any atom is 0.0334 e. The van der Waals surface area contributed by atoms with Crippen LogP contribution in [0.3, 0.4) is 0 Å². The van der Waals surface area contributed by atoms with Crippen molar-refractivity contribution in [1.82, 2.24) is 4.90 Å². The number of anilines is 1. The van der Waals surface area contributed by atoms with Gasteiger partial charge in [0.25, 0.3) is 0 Å². The van der Waals surface area contributed by atoms with E-state index >= 15 is 0 Å². The van der Waals surface area contributed by atoms with E-state index in [1.165, 1.54) is 10.4 Å². The average molecular weight is 339 g/mol. The SMILES string of the molecule is CC(C)N(Cc1cccs1)Cc1cc(N)ccc1Br. The predicted molar refractivity (Wildman–Crippen MR) is 87.3 cm³/mol. The Hall–Kier alpha value is -0.840. The Morgan fingerprint density at radius 3 is 2.68 bits per heavy atom. The van der Waals surface area contributed by atoms with E-state index in [1.807, 2.05) is 29.5 Å². The minimum absolute atomic E-state index is 0.496. The molecule has 1 heterocycles. The molecule has 0 aliphatic heterocycles. The lowest BCUT2D eigenvalue weighted by Crippen LogP contribution is -2.29. The van der Waals surface area contributed by atoms with E-state index in [-0.39, 0.29) is 0 Å². The molecule has 0 aliphatic rings. The van der Waals surface area contributed by atoms with Gasteiger partial charge in [0.05, 0.1) is 0 Å². The summed E-state index contributed by atoms with van der Waals surface area (Å²) in [5, 5.41) is 2.13. The molecule has 0 saturated heterocycles. The van der Waals surface area contributed by atoms with Crippen molar-refractivity contribution in [3.8, 4) is 0 Å². The van der Waals surface area contributed by atoms with Crippen LogP contribution < -0.4 is 5.73 Å². The van der Waals surface area contributed by atoms with Gasteiger partial charge in [0, 0.05) is 34.2 Å². The van der Waals surface area contributed by atoms with Gasteiger partial charge < -0.3 is 5.73 Å². The first-order chi connectivity index (χ1) is 9.06. The highest BCUT2D eigenvalue weighted by atomic mass is 79.9. The molecule has 4 heteroatoms. The third kappa shape index (κ3) is 4.06. The van der Waals surface area contributed by atoms with Gasteiger partial charge in [-0.05, 0) is 49.1 Å². The highest BCUT2D eigenvalue weighted by molar-refractivity contribution is 9.10. The number of nitrogens with two attached hydrogens (primary N) is 1. The second-order valence-corrected chi connectivity index (χ2v) is 6.82. The van der Waals surface area contributed by atoms with Gasteiger partial charge in [0.2, 0.25) is 0 Å². The zero-order chi connectivity index (χ0) is 13.8. The lowest BCUT2D eigenvalue weighted by molar-refractivity contribution is 0.205. The van der Waals surface area contributed by atoms with Gasteiger partial charge in [-0.1, -0.05) is 22.0 Å². The lowest BCUT2D eigenvalue weighted by atomic mass is 10.1. The Labute approximate surface area is 127 Å². The van der Waals surface area contributed by atoms with Crippen LogP contribution in [0.2, 0.25) is 0 Å². The number of hydrogen-bond acceptors (Lipinski definition) is 3. The Morgan fingerprint density at radius 2 is 2.05 bits per heavy atom. The summed E-state index contributed by atoms with van der Waals surface area (Å²) in [4.78, 5) is 3.85. The fourth-order valence-electron chi connectivity index (χ4n) is 1.96. The molecule has 0 atom stereocenters. The fourth-order valence-corrected chi connectivity index (χ4v) is 3.06. The summed E-state index contributed by atoms with van der Waals surface area (Å²) in [5.74, 6) is 0. The van der Waals surface area contributed by atoms with Crippen LogP contribution in [-0.4, -0.2) is 10.9 Å². The number of nitrogens with zero attached hydrogens (tertiary/aromatic N) is 1. The molecule has 1 aromatic heterocycles. The van der Waals surface area contributed by atoms with Crippen molar-refractivity contribution in [1.29, 1.82) is 0 Å². The summed E-state index contributed by atoms with van der Waals surface area (Å²) in [5.41, 5.74) is 7.94. The summed E-state index contributed by atoms with van der Waals surface area (Å²) in [7, 11) is 0. The maximum absolute atomic E-state index is 5.88. The van der Waals surface area contributed by atoms with Crippen molar-refractivity contribution in [2.45, 2.75) is 33.0 Å². The standard InChI is InChI=1S/C15H19BrN2S/c1-11(2)18(10-14-4-3-7-19-14)9-12-8-13(17)5-6-15(12)16/h3-8,11H,9-10,17H2,1-2H3. The smallest absolute Gasteiger partial charge is 0.0334 e. The first kappa shape index (κ1) is 14.6. The topological polar surface area (TPSA) is 29.3 Å². The quantitative estimate of drug-likeness (QED) is 0.813. The van der Waals surface area contributed by atoms with Gasteiger partial charge in [0.15, 0.2) is 0 Å². The van der Waals surface area contributed by atoms with Crippen LogP contribution in [0, 0.1) is 0 Å². The van der Waals surface area contributed by atoms with E-state index < -0.39 is 0 Å². The zero-order valence-corrected chi connectivity index (χ0v) is 13.7. The van der Waals surface area contributed by atoms with Gasteiger partial charge in [-0.25, -0.2) is 0 Å². The third-order valence-electron chi connectivity index (χ3n) is 3.11. The highest BCUT2D eigenvalue weighted by Crippen LogP contribution is 2.23. The lowest BCUT2D eigenvalue weighted by Gasteiger charge is -2.26. The van der Waals surface area contributed by atoms with Crippen molar-refractivity contribution in [2.75, 3.05) is 5.73 Å². The molecular weight excluding hydrogens is 320 g/mol. The minimum Gasteiger partial charge on any atom is -0.399 e. The van der Waals surface area contributed by atoms with Crippen molar-refractivity contribution in [3.05, 3.63) is 50.6 Å². The number of benzene rings is 1. The Bertz CT molecular complexity index is 523. The molecule has 2 N–H and O–H groups in total. The van der Waals surface area contributed by atoms with Gasteiger partial charge in [-0.3, -0.25) is 4.90 Å². The molecule has 19 heavy (non-hydrogen) atoms. The van der Waals surface area contributed by atoms with Crippen LogP contribution in [0.4, 0.5) is 5.69 Å². The molecule has 0 fully saturated rings. The van der Waals surface area contributed by atoms with Crippen LogP contribution >= 0.6 is 27.3 Å². The van der Waals surface area contributed by atoms with Crippen molar-refractivity contribution in [2.24, 2.45) is 0 Å². The molecule has 2 nitrogen and oxygen atoms in total. The molecule has 2 aromatic rings. The van der Waals surface area contributed by atoms with E-state index in [9.17, 15) is 0 Å². The largest absolute Gasteiger partial charge is 0.399 e. The number of rotatable bonds is 5. The van der Waals surface area contributed by atoms with Gasteiger partial charge >= 0.3 is 0 Å². The normalized spacial score (nSPS) is 11.4. The molecular formula is C15H19BrN2S. The Balaban J connectivity index is 2.14. The number of thiophene rings is 1. The fraction of sp³-hybridized carbons (Fsp3) is 0.333. The maximum atomic E-state index is 5.88. The van der Waals surface area contributed by atoms with Gasteiger partial charge in [0.1, 0.15) is 0 Å². The second kappa shape index (κ2) is 6.55. The third-order valence-corrected chi connectivity index (χ3v) is 4.75. The molecule has 0 spiro atoms. The van der Waals surface area contributed by atoms with E-state index in [4.69, 9.17) is 5.73 Å². The van der Waals surface area contributed by atoms with Crippen LogP contribution in [0.1, 0.15) is 24.3 Å². The van der Waals surface area contributed by atoms with Crippen LogP contribution in [0.25, 0.3) is 0 Å². The molecule has 0 bridgehead atoms. The van der Waals surface area contributed by atoms with E-state index in [1.54, 1.807) is 0 Å². The summed E-state index contributed by atoms with van der Waals surface area (Å²) in [6.45, 7) is 6.35. The van der Waals surface area contributed by atoms with Crippen molar-refractivity contribution in [3.63, 3.8) is 0 Å². The van der Waals surface area contributed by atoms with Crippen molar-refractivity contribution >= 4 is 33.0 Å². The Kier molecular flexibility index (Phi) is 5.02. The molecule has 1 aromatic carbocycles. The molecule has 0 saturated carbocycles. The monoisotopic (exact) mass is 338 g/mol. The highest BCUT2D eigenvalue weighted by Gasteiger charge is 2.13. The molecule has 102 valence electrons. The molecule has 0 radical (unpaired) electrons. The Morgan fingerprint density at radius 1 is 1.26 bits per heavy atom. The molecule has 0 aliphatic carbocycles.